The minimum atomic E-state index is -0.463. The van der Waals surface area contributed by atoms with E-state index < -0.39 is 5.97 Å². The van der Waals surface area contributed by atoms with Crippen LogP contribution in [0.3, 0.4) is 0 Å². The molecule has 0 fully saturated rings. The normalized spacial score (nSPS) is 9.29. The molecule has 0 unspecified atom stereocenters. The second kappa shape index (κ2) is 4.42. The van der Waals surface area contributed by atoms with Crippen molar-refractivity contribution in [3.05, 3.63) is 32.4 Å². The van der Waals surface area contributed by atoms with Crippen molar-refractivity contribution in [2.45, 2.75) is 6.92 Å². The third-order valence-corrected chi connectivity index (χ3v) is 2.43. The SMILES string of the molecule is COC(=O)c1c(C)cc(I)cc1C#N. The fraction of sp³-hybridized carbons (Fsp3) is 0.200. The van der Waals surface area contributed by atoms with Gasteiger partial charge in [-0.15, -0.1) is 0 Å². The summed E-state index contributed by atoms with van der Waals surface area (Å²) in [4.78, 5) is 11.3. The first-order valence-electron chi connectivity index (χ1n) is 3.88. The van der Waals surface area contributed by atoms with Gasteiger partial charge in [-0.05, 0) is 47.2 Å². The van der Waals surface area contributed by atoms with Gasteiger partial charge in [-0.1, -0.05) is 0 Å². The molecule has 0 aliphatic rings. The van der Waals surface area contributed by atoms with E-state index in [0.717, 1.165) is 9.13 Å². The van der Waals surface area contributed by atoms with Crippen molar-refractivity contribution in [2.75, 3.05) is 7.11 Å². The topological polar surface area (TPSA) is 50.1 Å². The first-order chi connectivity index (χ1) is 6.60. The average molecular weight is 301 g/mol. The smallest absolute Gasteiger partial charge is 0.339 e. The fourth-order valence-corrected chi connectivity index (χ4v) is 1.98. The van der Waals surface area contributed by atoms with Crippen LogP contribution in [0.4, 0.5) is 0 Å². The Morgan fingerprint density at radius 1 is 1.57 bits per heavy atom. The van der Waals surface area contributed by atoms with E-state index in [1.165, 1.54) is 7.11 Å². The van der Waals surface area contributed by atoms with Gasteiger partial charge in [-0.3, -0.25) is 0 Å². The lowest BCUT2D eigenvalue weighted by atomic mass is 10.0. The minimum absolute atomic E-state index is 0.357. The molecule has 0 atom stereocenters. The summed E-state index contributed by atoms with van der Waals surface area (Å²) in [5.41, 5.74) is 1.48. The zero-order valence-corrected chi connectivity index (χ0v) is 9.95. The van der Waals surface area contributed by atoms with Crippen molar-refractivity contribution in [1.29, 1.82) is 5.26 Å². The van der Waals surface area contributed by atoms with E-state index in [0.29, 0.717) is 11.1 Å². The van der Waals surface area contributed by atoms with Crippen LogP contribution in [0.2, 0.25) is 0 Å². The molecular formula is C10H8INO2. The van der Waals surface area contributed by atoms with E-state index >= 15 is 0 Å². The van der Waals surface area contributed by atoms with Gasteiger partial charge in [0.05, 0.1) is 18.2 Å². The molecule has 0 heterocycles. The van der Waals surface area contributed by atoms with Crippen molar-refractivity contribution in [1.82, 2.24) is 0 Å². The number of methoxy groups -OCH3 is 1. The molecule has 0 saturated heterocycles. The molecule has 0 aliphatic heterocycles. The average Bonchev–Trinajstić information content (AvgIpc) is 2.15. The summed E-state index contributed by atoms with van der Waals surface area (Å²) in [7, 11) is 1.31. The Morgan fingerprint density at radius 3 is 2.71 bits per heavy atom. The maximum atomic E-state index is 11.3. The monoisotopic (exact) mass is 301 g/mol. The first kappa shape index (κ1) is 11.0. The number of esters is 1. The molecular weight excluding hydrogens is 293 g/mol. The number of hydrogen-bond donors (Lipinski definition) is 0. The van der Waals surface area contributed by atoms with E-state index in [-0.39, 0.29) is 0 Å². The van der Waals surface area contributed by atoms with Gasteiger partial charge in [0, 0.05) is 3.57 Å². The molecule has 3 nitrogen and oxygen atoms in total. The first-order valence-corrected chi connectivity index (χ1v) is 4.96. The van der Waals surface area contributed by atoms with Crippen LogP contribution in [0.15, 0.2) is 12.1 Å². The number of hydrogen-bond acceptors (Lipinski definition) is 3. The molecule has 0 N–H and O–H groups in total. The van der Waals surface area contributed by atoms with Crippen LogP contribution in [0, 0.1) is 21.8 Å². The Kier molecular flexibility index (Phi) is 3.47. The molecule has 1 rings (SSSR count). The molecule has 0 radical (unpaired) electrons. The van der Waals surface area contributed by atoms with E-state index in [2.05, 4.69) is 27.3 Å². The molecule has 72 valence electrons. The summed E-state index contributed by atoms with van der Waals surface area (Å²) < 4.78 is 5.54. The Bertz CT molecular complexity index is 421. The van der Waals surface area contributed by atoms with Crippen molar-refractivity contribution >= 4 is 28.6 Å². The molecule has 1 aromatic carbocycles. The van der Waals surface area contributed by atoms with Gasteiger partial charge in [-0.2, -0.15) is 5.26 Å². The maximum absolute atomic E-state index is 11.3. The van der Waals surface area contributed by atoms with E-state index in [4.69, 9.17) is 5.26 Å². The Morgan fingerprint density at radius 2 is 2.21 bits per heavy atom. The van der Waals surface area contributed by atoms with Gasteiger partial charge >= 0.3 is 5.97 Å². The number of aryl methyl sites for hydroxylation is 1. The fourth-order valence-electron chi connectivity index (χ4n) is 1.20. The predicted molar refractivity (Wildman–Crippen MR) is 60.0 cm³/mol. The van der Waals surface area contributed by atoms with Crippen molar-refractivity contribution in [3.8, 4) is 6.07 Å². The van der Waals surface area contributed by atoms with Crippen molar-refractivity contribution in [2.24, 2.45) is 0 Å². The lowest BCUT2D eigenvalue weighted by Gasteiger charge is -2.06. The van der Waals surface area contributed by atoms with Crippen LogP contribution in [-0.4, -0.2) is 13.1 Å². The van der Waals surface area contributed by atoms with Gasteiger partial charge in [0.15, 0.2) is 0 Å². The highest BCUT2D eigenvalue weighted by Crippen LogP contribution is 2.18. The van der Waals surface area contributed by atoms with E-state index in [1.807, 2.05) is 12.1 Å². The Balaban J connectivity index is 3.42. The summed E-state index contributed by atoms with van der Waals surface area (Å²) in [5, 5.41) is 8.85. The standard InChI is InChI=1S/C10H8INO2/c1-6-3-8(11)4-7(5-12)9(6)10(13)14-2/h3-4H,1-2H3. The number of nitrogens with zero attached hydrogens (tertiary/aromatic N) is 1. The second-order valence-electron chi connectivity index (χ2n) is 2.75. The number of ether oxygens (including phenoxy) is 1. The van der Waals surface area contributed by atoms with Gasteiger partial charge in [-0.25, -0.2) is 4.79 Å². The molecule has 0 spiro atoms. The van der Waals surface area contributed by atoms with E-state index in [9.17, 15) is 4.79 Å². The zero-order chi connectivity index (χ0) is 10.7. The van der Waals surface area contributed by atoms with Crippen LogP contribution < -0.4 is 0 Å². The zero-order valence-electron chi connectivity index (χ0n) is 7.80. The Labute approximate surface area is 95.8 Å². The highest BCUT2D eigenvalue weighted by Gasteiger charge is 2.15. The Hall–Kier alpha value is -1.09. The maximum Gasteiger partial charge on any atom is 0.339 e. The lowest BCUT2D eigenvalue weighted by molar-refractivity contribution is 0.0599. The van der Waals surface area contributed by atoms with Crippen LogP contribution in [0.1, 0.15) is 21.5 Å². The number of nitriles is 1. The molecule has 1 aromatic rings. The predicted octanol–water partition coefficient (Wildman–Crippen LogP) is 2.26. The third-order valence-electron chi connectivity index (χ3n) is 1.81. The molecule has 14 heavy (non-hydrogen) atoms. The van der Waals surface area contributed by atoms with E-state index in [1.54, 1.807) is 13.0 Å². The van der Waals surface area contributed by atoms with Gasteiger partial charge in [0.25, 0.3) is 0 Å². The molecule has 0 amide bonds. The van der Waals surface area contributed by atoms with Gasteiger partial charge in [0.1, 0.15) is 6.07 Å². The summed E-state index contributed by atoms with van der Waals surface area (Å²) in [5.74, 6) is -0.463. The molecule has 0 bridgehead atoms. The highest BCUT2D eigenvalue weighted by atomic mass is 127. The summed E-state index contributed by atoms with van der Waals surface area (Å²) in [6.07, 6.45) is 0. The summed E-state index contributed by atoms with van der Waals surface area (Å²) >= 11 is 2.10. The lowest BCUT2D eigenvalue weighted by Crippen LogP contribution is -2.07. The number of rotatable bonds is 1. The molecule has 0 aromatic heterocycles. The summed E-state index contributed by atoms with van der Waals surface area (Å²) in [6.45, 7) is 1.79. The second-order valence-corrected chi connectivity index (χ2v) is 3.99. The van der Waals surface area contributed by atoms with Gasteiger partial charge in [0.2, 0.25) is 0 Å². The van der Waals surface area contributed by atoms with Crippen molar-refractivity contribution in [3.63, 3.8) is 0 Å². The van der Waals surface area contributed by atoms with Crippen molar-refractivity contribution < 1.29 is 9.53 Å². The minimum Gasteiger partial charge on any atom is -0.465 e. The summed E-state index contributed by atoms with van der Waals surface area (Å²) in [6, 6.07) is 5.49. The van der Waals surface area contributed by atoms with Crippen LogP contribution in [0.5, 0.6) is 0 Å². The molecule has 4 heteroatoms. The largest absolute Gasteiger partial charge is 0.465 e. The highest BCUT2D eigenvalue weighted by molar-refractivity contribution is 14.1. The number of carbonyl (C=O) groups is 1. The number of halogens is 1. The molecule has 0 aliphatic carbocycles. The third kappa shape index (κ3) is 2.04. The van der Waals surface area contributed by atoms with Crippen LogP contribution in [-0.2, 0) is 4.74 Å². The van der Waals surface area contributed by atoms with Crippen LogP contribution >= 0.6 is 22.6 Å². The van der Waals surface area contributed by atoms with Crippen LogP contribution in [0.25, 0.3) is 0 Å². The number of benzene rings is 1. The van der Waals surface area contributed by atoms with Gasteiger partial charge < -0.3 is 4.74 Å². The quantitative estimate of drug-likeness (QED) is 0.590. The number of carbonyl (C=O) groups excluding carboxylic acids is 1. The molecule has 0 saturated carbocycles.